The number of carbonyl (C=O) groups excluding carboxylic acids is 1. The predicted octanol–water partition coefficient (Wildman–Crippen LogP) is 5.08. The molecule has 2 fully saturated rings. The summed E-state index contributed by atoms with van der Waals surface area (Å²) in [6.07, 6.45) is 4.90. The predicted molar refractivity (Wildman–Crippen MR) is 130 cm³/mol. The number of fused-ring (bicyclic) bond motifs is 2. The van der Waals surface area contributed by atoms with Gasteiger partial charge < -0.3 is 10.1 Å². The molecule has 0 heterocycles. The van der Waals surface area contributed by atoms with E-state index in [1.54, 1.807) is 36.4 Å². The van der Waals surface area contributed by atoms with Crippen molar-refractivity contribution < 1.29 is 17.9 Å². The van der Waals surface area contributed by atoms with E-state index >= 15 is 0 Å². The quantitative estimate of drug-likeness (QED) is 0.535. The number of nitrogens with one attached hydrogen (secondary N) is 2. The van der Waals surface area contributed by atoms with Crippen LogP contribution in [0.2, 0.25) is 0 Å². The smallest absolute Gasteiger partial charge is 0.255 e. The second-order valence-electron chi connectivity index (χ2n) is 9.96. The number of benzene rings is 2. The molecule has 2 aliphatic carbocycles. The van der Waals surface area contributed by atoms with Gasteiger partial charge in [0.15, 0.2) is 0 Å². The van der Waals surface area contributed by atoms with Gasteiger partial charge in [-0.25, -0.2) is 13.1 Å². The molecule has 2 aromatic carbocycles. The Hall–Kier alpha value is -2.38. The van der Waals surface area contributed by atoms with Crippen molar-refractivity contribution in [3.05, 3.63) is 54.1 Å². The maximum Gasteiger partial charge on any atom is 0.255 e. The summed E-state index contributed by atoms with van der Waals surface area (Å²) in [6, 6.07) is 13.2. The first-order chi connectivity index (χ1) is 15.7. The maximum atomic E-state index is 12.9. The first-order valence-electron chi connectivity index (χ1n) is 11.9. The number of sulfonamides is 1. The normalized spacial score (nSPS) is 23.0. The number of anilines is 1. The van der Waals surface area contributed by atoms with Crippen molar-refractivity contribution in [3.63, 3.8) is 0 Å². The van der Waals surface area contributed by atoms with Crippen molar-refractivity contribution >= 4 is 21.6 Å². The van der Waals surface area contributed by atoms with Gasteiger partial charge in [-0.15, -0.1) is 0 Å². The zero-order valence-electron chi connectivity index (χ0n) is 19.6. The van der Waals surface area contributed by atoms with E-state index in [1.807, 2.05) is 6.92 Å². The molecule has 0 unspecified atom stereocenters. The summed E-state index contributed by atoms with van der Waals surface area (Å²) >= 11 is 0. The molecule has 178 valence electrons. The summed E-state index contributed by atoms with van der Waals surface area (Å²) in [5.41, 5.74) is 1.05. The molecule has 1 amide bonds. The van der Waals surface area contributed by atoms with Crippen LogP contribution < -0.4 is 14.8 Å². The molecule has 0 aromatic heterocycles. The first-order valence-corrected chi connectivity index (χ1v) is 13.4. The van der Waals surface area contributed by atoms with Gasteiger partial charge in [0.25, 0.3) is 5.91 Å². The van der Waals surface area contributed by atoms with Gasteiger partial charge in [0, 0.05) is 17.3 Å². The summed E-state index contributed by atoms with van der Waals surface area (Å²) in [7, 11) is -3.60. The summed E-state index contributed by atoms with van der Waals surface area (Å²) in [4.78, 5) is 12.8. The highest BCUT2D eigenvalue weighted by molar-refractivity contribution is 7.89. The molecule has 2 bridgehead atoms. The molecule has 6 nitrogen and oxygen atoms in total. The lowest BCUT2D eigenvalue weighted by Crippen LogP contribution is -2.40. The lowest BCUT2D eigenvalue weighted by Gasteiger charge is -2.28. The van der Waals surface area contributed by atoms with Crippen LogP contribution in [0.3, 0.4) is 0 Å². The number of carbonyl (C=O) groups is 1. The molecule has 0 aliphatic heterocycles. The SMILES string of the molecule is CC(C)COc1ccc(C(=O)Nc2ccc(S(=O)(=O)N[C@H](C)[C@H]3C[C@@H]4CC[C@@H]3C4)cc2)cc1. The van der Waals surface area contributed by atoms with Crippen LogP contribution in [0, 0.1) is 23.7 Å². The third-order valence-corrected chi connectivity index (χ3v) is 8.47. The highest BCUT2D eigenvalue weighted by atomic mass is 32.2. The van der Waals surface area contributed by atoms with Crippen molar-refractivity contribution in [3.8, 4) is 5.75 Å². The molecule has 4 rings (SSSR count). The van der Waals surface area contributed by atoms with Crippen LogP contribution >= 0.6 is 0 Å². The number of ether oxygens (including phenoxy) is 1. The Bertz CT molecular complexity index is 1060. The minimum absolute atomic E-state index is 0.0721. The largest absolute Gasteiger partial charge is 0.493 e. The number of rotatable bonds is 9. The maximum absolute atomic E-state index is 12.9. The molecule has 33 heavy (non-hydrogen) atoms. The van der Waals surface area contributed by atoms with E-state index in [1.165, 1.54) is 31.4 Å². The zero-order valence-corrected chi connectivity index (χ0v) is 20.4. The van der Waals surface area contributed by atoms with Crippen LogP contribution in [0.1, 0.15) is 56.8 Å². The van der Waals surface area contributed by atoms with Crippen LogP contribution in [0.15, 0.2) is 53.4 Å². The van der Waals surface area contributed by atoms with E-state index in [0.717, 1.165) is 18.1 Å². The molecule has 0 spiro atoms. The first kappa shape index (κ1) is 23.8. The summed E-state index contributed by atoms with van der Waals surface area (Å²) in [6.45, 7) is 6.76. The van der Waals surface area contributed by atoms with E-state index in [-0.39, 0.29) is 16.8 Å². The van der Waals surface area contributed by atoms with Gasteiger partial charge in [-0.3, -0.25) is 4.79 Å². The van der Waals surface area contributed by atoms with Gasteiger partial charge in [0.05, 0.1) is 11.5 Å². The Labute approximate surface area is 197 Å². The Balaban J connectivity index is 1.34. The van der Waals surface area contributed by atoms with E-state index in [2.05, 4.69) is 23.9 Å². The van der Waals surface area contributed by atoms with Gasteiger partial charge in [-0.05, 0) is 98.4 Å². The molecular formula is C26H34N2O4S. The highest BCUT2D eigenvalue weighted by Gasteiger charge is 2.42. The van der Waals surface area contributed by atoms with Gasteiger partial charge >= 0.3 is 0 Å². The van der Waals surface area contributed by atoms with Gasteiger partial charge in [0.1, 0.15) is 5.75 Å². The topological polar surface area (TPSA) is 84.5 Å². The third kappa shape index (κ3) is 5.76. The highest BCUT2D eigenvalue weighted by Crippen LogP contribution is 2.49. The molecule has 2 N–H and O–H groups in total. The fourth-order valence-corrected chi connectivity index (χ4v) is 6.49. The second-order valence-corrected chi connectivity index (χ2v) is 11.7. The Morgan fingerprint density at radius 2 is 1.70 bits per heavy atom. The lowest BCUT2D eigenvalue weighted by molar-refractivity contribution is 0.102. The van der Waals surface area contributed by atoms with E-state index < -0.39 is 10.0 Å². The molecule has 0 radical (unpaired) electrons. The van der Waals surface area contributed by atoms with Crippen LogP contribution in [-0.4, -0.2) is 27.0 Å². The van der Waals surface area contributed by atoms with E-state index in [9.17, 15) is 13.2 Å². The van der Waals surface area contributed by atoms with Gasteiger partial charge in [-0.1, -0.05) is 20.3 Å². The average Bonchev–Trinajstić information content (AvgIpc) is 3.42. The average molecular weight is 471 g/mol. The minimum atomic E-state index is -3.60. The molecule has 7 heteroatoms. The minimum Gasteiger partial charge on any atom is -0.493 e. The van der Waals surface area contributed by atoms with Crippen molar-refractivity contribution in [2.75, 3.05) is 11.9 Å². The van der Waals surface area contributed by atoms with Crippen LogP contribution in [-0.2, 0) is 10.0 Å². The van der Waals surface area contributed by atoms with Crippen LogP contribution in [0.25, 0.3) is 0 Å². The van der Waals surface area contributed by atoms with Crippen molar-refractivity contribution in [1.29, 1.82) is 0 Å². The summed E-state index contributed by atoms with van der Waals surface area (Å²) < 4.78 is 34.3. The Morgan fingerprint density at radius 3 is 2.27 bits per heavy atom. The number of amides is 1. The van der Waals surface area contributed by atoms with Gasteiger partial charge in [-0.2, -0.15) is 0 Å². The van der Waals surface area contributed by atoms with Crippen molar-refractivity contribution in [2.45, 2.75) is 57.4 Å². The second kappa shape index (κ2) is 9.85. The zero-order chi connectivity index (χ0) is 23.6. The van der Waals surface area contributed by atoms with Gasteiger partial charge in [0.2, 0.25) is 10.0 Å². The lowest BCUT2D eigenvalue weighted by atomic mass is 9.84. The summed E-state index contributed by atoms with van der Waals surface area (Å²) in [5, 5.41) is 2.82. The molecule has 0 saturated heterocycles. The number of hydrogen-bond donors (Lipinski definition) is 2. The summed E-state index contributed by atoms with van der Waals surface area (Å²) in [5.74, 6) is 2.75. The van der Waals surface area contributed by atoms with E-state index in [0.29, 0.717) is 35.6 Å². The standard InChI is InChI=1S/C26H34N2O4S/c1-17(2)16-32-23-10-6-20(7-11-23)26(29)27-22-8-12-24(13-9-22)33(30,31)28-18(3)25-15-19-4-5-21(25)14-19/h6-13,17-19,21,25,28H,4-5,14-16H2,1-3H3,(H,27,29)/t18-,19-,21-,25-/m1/s1. The van der Waals surface area contributed by atoms with Crippen LogP contribution in [0.4, 0.5) is 5.69 Å². The van der Waals surface area contributed by atoms with E-state index in [4.69, 9.17) is 4.74 Å². The Kier molecular flexibility index (Phi) is 7.10. The fourth-order valence-electron chi connectivity index (χ4n) is 5.19. The van der Waals surface area contributed by atoms with Crippen molar-refractivity contribution in [1.82, 2.24) is 4.72 Å². The molecular weight excluding hydrogens is 436 g/mol. The van der Waals surface area contributed by atoms with Crippen molar-refractivity contribution in [2.24, 2.45) is 23.7 Å². The molecule has 4 atom stereocenters. The monoisotopic (exact) mass is 470 g/mol. The number of hydrogen-bond acceptors (Lipinski definition) is 4. The molecule has 2 aromatic rings. The molecule has 2 saturated carbocycles. The van der Waals surface area contributed by atoms with Crippen LogP contribution in [0.5, 0.6) is 5.75 Å². The fraction of sp³-hybridized carbons (Fsp3) is 0.500. The Morgan fingerprint density at radius 1 is 1.00 bits per heavy atom. The molecule has 2 aliphatic rings. The third-order valence-electron chi connectivity index (χ3n) is 6.90.